The molecule has 0 spiro atoms. The minimum atomic E-state index is -0.323. The minimum Gasteiger partial charge on any atom is -0.296 e. The van der Waals surface area contributed by atoms with Gasteiger partial charge in [-0.2, -0.15) is 0 Å². The van der Waals surface area contributed by atoms with Crippen LogP contribution in [0.1, 0.15) is 10.5 Å². The third-order valence-electron chi connectivity index (χ3n) is 2.67. The lowest BCUT2D eigenvalue weighted by Gasteiger charge is -2.02. The first-order chi connectivity index (χ1) is 8.78. The van der Waals surface area contributed by atoms with Crippen molar-refractivity contribution >= 4 is 11.9 Å². The van der Waals surface area contributed by atoms with E-state index in [4.69, 9.17) is 0 Å². The number of nitrogens with zero attached hydrogens (tertiary/aromatic N) is 3. The predicted molar refractivity (Wildman–Crippen MR) is 63.8 cm³/mol. The number of hydrogen-bond acceptors (Lipinski definition) is 3. The van der Waals surface area contributed by atoms with Crippen LogP contribution >= 0.6 is 0 Å². The summed E-state index contributed by atoms with van der Waals surface area (Å²) in [5, 5.41) is 0. The Labute approximate surface area is 102 Å². The van der Waals surface area contributed by atoms with Crippen molar-refractivity contribution in [3.8, 4) is 11.3 Å². The van der Waals surface area contributed by atoms with Crippen molar-refractivity contribution in [2.45, 2.75) is 0 Å². The van der Waals surface area contributed by atoms with Crippen molar-refractivity contribution < 1.29 is 9.18 Å². The lowest BCUT2D eigenvalue weighted by Crippen LogP contribution is -1.94. The van der Waals surface area contributed by atoms with Gasteiger partial charge in [0.1, 0.15) is 11.5 Å². The van der Waals surface area contributed by atoms with Crippen LogP contribution in [0, 0.1) is 5.82 Å². The van der Waals surface area contributed by atoms with Gasteiger partial charge in [0.25, 0.3) is 0 Å². The monoisotopic (exact) mass is 241 g/mol. The number of hydrogen-bond donors (Lipinski definition) is 0. The molecule has 0 aliphatic heterocycles. The van der Waals surface area contributed by atoms with E-state index in [1.807, 2.05) is 0 Å². The average Bonchev–Trinajstić information content (AvgIpc) is 2.80. The van der Waals surface area contributed by atoms with Crippen LogP contribution in [0.3, 0.4) is 0 Å². The summed E-state index contributed by atoms with van der Waals surface area (Å²) in [5.74, 6) is -0.323. The Balaban J connectivity index is 2.21. The summed E-state index contributed by atoms with van der Waals surface area (Å²) >= 11 is 0. The molecule has 0 saturated heterocycles. The molecule has 1 aromatic carbocycles. The molecule has 88 valence electrons. The smallest absolute Gasteiger partial charge is 0.168 e. The Hall–Kier alpha value is -2.56. The predicted octanol–water partition coefficient (Wildman–Crippen LogP) is 2.35. The number of carbonyl (C=O) groups excluding carboxylic acids is 1. The summed E-state index contributed by atoms with van der Waals surface area (Å²) in [4.78, 5) is 19.1. The molecule has 0 saturated carbocycles. The van der Waals surface area contributed by atoms with Crippen molar-refractivity contribution in [3.63, 3.8) is 0 Å². The second-order valence-corrected chi connectivity index (χ2v) is 3.81. The highest BCUT2D eigenvalue weighted by atomic mass is 19.1. The fourth-order valence-corrected chi connectivity index (χ4v) is 1.79. The highest BCUT2D eigenvalue weighted by Gasteiger charge is 2.06. The highest BCUT2D eigenvalue weighted by molar-refractivity contribution is 5.74. The average molecular weight is 241 g/mol. The van der Waals surface area contributed by atoms with Crippen molar-refractivity contribution in [3.05, 3.63) is 54.4 Å². The fraction of sp³-hybridized carbons (Fsp3) is 0. The molecule has 3 rings (SSSR count). The number of imidazole rings is 1. The second-order valence-electron chi connectivity index (χ2n) is 3.81. The number of carbonyl (C=O) groups is 1. The van der Waals surface area contributed by atoms with E-state index in [2.05, 4.69) is 9.97 Å². The van der Waals surface area contributed by atoms with Gasteiger partial charge in [-0.3, -0.25) is 14.2 Å². The molecule has 0 bridgehead atoms. The van der Waals surface area contributed by atoms with Gasteiger partial charge in [0.2, 0.25) is 0 Å². The van der Waals surface area contributed by atoms with Crippen molar-refractivity contribution in [2.24, 2.45) is 0 Å². The molecular formula is C13H8FN3O. The van der Waals surface area contributed by atoms with E-state index in [-0.39, 0.29) is 5.82 Å². The maximum absolute atomic E-state index is 13.1. The minimum absolute atomic E-state index is 0.323. The molecule has 4 nitrogen and oxygen atoms in total. The Bertz CT molecular complexity index is 736. The quantitative estimate of drug-likeness (QED) is 0.647. The number of aldehydes is 1. The number of aromatic nitrogens is 3. The van der Waals surface area contributed by atoms with E-state index in [1.165, 1.54) is 18.3 Å². The van der Waals surface area contributed by atoms with Crippen LogP contribution in [0.5, 0.6) is 0 Å². The Morgan fingerprint density at radius 3 is 2.89 bits per heavy atom. The summed E-state index contributed by atoms with van der Waals surface area (Å²) < 4.78 is 14.8. The number of rotatable bonds is 2. The summed E-state index contributed by atoms with van der Waals surface area (Å²) in [5.41, 5.74) is 2.26. The lowest BCUT2D eigenvalue weighted by atomic mass is 10.1. The first-order valence-corrected chi connectivity index (χ1v) is 5.32. The van der Waals surface area contributed by atoms with Crippen molar-refractivity contribution in [1.29, 1.82) is 0 Å². The Morgan fingerprint density at radius 2 is 2.11 bits per heavy atom. The first-order valence-electron chi connectivity index (χ1n) is 5.32. The van der Waals surface area contributed by atoms with E-state index >= 15 is 0 Å². The molecule has 0 radical (unpaired) electrons. The largest absolute Gasteiger partial charge is 0.296 e. The lowest BCUT2D eigenvalue weighted by molar-refractivity contribution is 0.111. The SMILES string of the molecule is O=Cc1cnc2cnc(-c3cccc(F)c3)cn12. The van der Waals surface area contributed by atoms with Gasteiger partial charge in [0.15, 0.2) is 11.9 Å². The van der Waals surface area contributed by atoms with Gasteiger partial charge < -0.3 is 0 Å². The maximum atomic E-state index is 13.1. The van der Waals surface area contributed by atoms with Gasteiger partial charge in [0.05, 0.1) is 18.1 Å². The Morgan fingerprint density at radius 1 is 1.22 bits per heavy atom. The van der Waals surface area contributed by atoms with Crippen LogP contribution in [0.4, 0.5) is 4.39 Å². The zero-order valence-corrected chi connectivity index (χ0v) is 9.25. The topological polar surface area (TPSA) is 47.3 Å². The Kier molecular flexibility index (Phi) is 2.37. The third kappa shape index (κ3) is 1.66. The summed E-state index contributed by atoms with van der Waals surface area (Å²) in [7, 11) is 0. The zero-order valence-electron chi connectivity index (χ0n) is 9.25. The first kappa shape index (κ1) is 10.6. The summed E-state index contributed by atoms with van der Waals surface area (Å²) in [6.45, 7) is 0. The number of halogens is 1. The molecule has 5 heteroatoms. The van der Waals surface area contributed by atoms with E-state index < -0.39 is 0 Å². The van der Waals surface area contributed by atoms with Gasteiger partial charge in [-0.05, 0) is 12.1 Å². The van der Waals surface area contributed by atoms with E-state index in [0.29, 0.717) is 22.6 Å². The molecule has 0 unspecified atom stereocenters. The van der Waals surface area contributed by atoms with E-state index in [0.717, 1.165) is 6.29 Å². The molecule has 0 fully saturated rings. The van der Waals surface area contributed by atoms with Crippen LogP contribution in [-0.4, -0.2) is 20.7 Å². The molecule has 0 N–H and O–H groups in total. The van der Waals surface area contributed by atoms with Crippen molar-refractivity contribution in [1.82, 2.24) is 14.4 Å². The van der Waals surface area contributed by atoms with Crippen molar-refractivity contribution in [2.75, 3.05) is 0 Å². The van der Waals surface area contributed by atoms with Gasteiger partial charge in [-0.15, -0.1) is 0 Å². The standard InChI is InChI=1S/C13H8FN3O/c14-10-3-1-2-9(4-10)12-7-17-11(8-18)5-16-13(17)6-15-12/h1-8H. The molecule has 0 aliphatic carbocycles. The van der Waals surface area contributed by atoms with Crippen LogP contribution in [-0.2, 0) is 0 Å². The molecule has 3 aromatic rings. The molecule has 0 aliphatic rings. The number of benzene rings is 1. The normalized spacial score (nSPS) is 10.7. The molecule has 2 aromatic heterocycles. The molecule has 18 heavy (non-hydrogen) atoms. The molecule has 0 atom stereocenters. The van der Waals surface area contributed by atoms with E-state index in [1.54, 1.807) is 28.9 Å². The van der Waals surface area contributed by atoms with Crippen LogP contribution in [0.25, 0.3) is 16.9 Å². The van der Waals surface area contributed by atoms with Gasteiger partial charge in [-0.25, -0.2) is 9.37 Å². The van der Waals surface area contributed by atoms with Crippen LogP contribution < -0.4 is 0 Å². The van der Waals surface area contributed by atoms with E-state index in [9.17, 15) is 9.18 Å². The zero-order chi connectivity index (χ0) is 12.5. The maximum Gasteiger partial charge on any atom is 0.168 e. The highest BCUT2D eigenvalue weighted by Crippen LogP contribution is 2.18. The molecular weight excluding hydrogens is 233 g/mol. The number of fused-ring (bicyclic) bond motifs is 1. The molecule has 2 heterocycles. The summed E-state index contributed by atoms with van der Waals surface area (Å²) in [6.07, 6.45) is 5.41. The van der Waals surface area contributed by atoms with Gasteiger partial charge >= 0.3 is 0 Å². The molecule has 0 amide bonds. The third-order valence-corrected chi connectivity index (χ3v) is 2.67. The second kappa shape index (κ2) is 4.03. The van der Waals surface area contributed by atoms with Gasteiger partial charge in [0, 0.05) is 11.8 Å². The fourth-order valence-electron chi connectivity index (χ4n) is 1.79. The van der Waals surface area contributed by atoms with Crippen LogP contribution in [0.2, 0.25) is 0 Å². The van der Waals surface area contributed by atoms with Gasteiger partial charge in [-0.1, -0.05) is 12.1 Å². The summed E-state index contributed by atoms with van der Waals surface area (Å²) in [6, 6.07) is 6.14. The van der Waals surface area contributed by atoms with Crippen LogP contribution in [0.15, 0.2) is 42.9 Å².